The lowest BCUT2D eigenvalue weighted by Gasteiger charge is -2.09. The highest BCUT2D eigenvalue weighted by Gasteiger charge is 2.02. The van der Waals surface area contributed by atoms with Crippen LogP contribution in [0.1, 0.15) is 17.5 Å². The van der Waals surface area contributed by atoms with Crippen molar-refractivity contribution in [3.63, 3.8) is 0 Å². The van der Waals surface area contributed by atoms with E-state index >= 15 is 0 Å². The minimum absolute atomic E-state index is 0.588. The molecule has 0 radical (unpaired) electrons. The Morgan fingerprint density at radius 1 is 1.33 bits per heavy atom. The Labute approximate surface area is 91.2 Å². The van der Waals surface area contributed by atoms with Gasteiger partial charge in [0.05, 0.1) is 13.7 Å². The second kappa shape index (κ2) is 6.43. The van der Waals surface area contributed by atoms with Crippen LogP contribution in [0.25, 0.3) is 0 Å². The lowest BCUT2D eigenvalue weighted by atomic mass is 10.1. The summed E-state index contributed by atoms with van der Waals surface area (Å²) in [6.07, 6.45) is 0.897. The molecule has 1 rings (SSSR count). The third kappa shape index (κ3) is 3.90. The van der Waals surface area contributed by atoms with Crippen molar-refractivity contribution in [1.82, 2.24) is 0 Å². The van der Waals surface area contributed by atoms with Gasteiger partial charge in [-0.25, -0.2) is 0 Å². The molecule has 0 saturated carbocycles. The number of hydrogen-bond donors (Lipinski definition) is 1. The molecule has 0 aliphatic rings. The molecule has 0 spiro atoms. The Bertz CT molecular complexity index is 300. The SMILES string of the molecule is COc1ccc(C)cc1COCCCN. The van der Waals surface area contributed by atoms with Gasteiger partial charge in [0.1, 0.15) is 5.75 Å². The van der Waals surface area contributed by atoms with Crippen LogP contribution in [0.15, 0.2) is 18.2 Å². The molecule has 0 atom stereocenters. The highest BCUT2D eigenvalue weighted by atomic mass is 16.5. The first-order valence-electron chi connectivity index (χ1n) is 5.19. The van der Waals surface area contributed by atoms with Gasteiger partial charge in [-0.15, -0.1) is 0 Å². The first kappa shape index (κ1) is 12.0. The Morgan fingerprint density at radius 2 is 2.13 bits per heavy atom. The zero-order chi connectivity index (χ0) is 11.1. The first-order chi connectivity index (χ1) is 7.27. The summed E-state index contributed by atoms with van der Waals surface area (Å²) in [5.41, 5.74) is 7.69. The molecule has 1 aromatic carbocycles. The average Bonchev–Trinajstić information content (AvgIpc) is 2.25. The van der Waals surface area contributed by atoms with Crippen molar-refractivity contribution in [3.05, 3.63) is 29.3 Å². The van der Waals surface area contributed by atoms with Gasteiger partial charge in [-0.2, -0.15) is 0 Å². The molecule has 0 aliphatic heterocycles. The van der Waals surface area contributed by atoms with E-state index in [0.29, 0.717) is 19.8 Å². The normalized spacial score (nSPS) is 10.3. The zero-order valence-electron chi connectivity index (χ0n) is 9.45. The van der Waals surface area contributed by atoms with Gasteiger partial charge in [-0.1, -0.05) is 17.7 Å². The van der Waals surface area contributed by atoms with Crippen molar-refractivity contribution in [2.45, 2.75) is 20.0 Å². The molecule has 3 heteroatoms. The fraction of sp³-hybridized carbons (Fsp3) is 0.500. The number of benzene rings is 1. The van der Waals surface area contributed by atoms with Crippen molar-refractivity contribution in [2.24, 2.45) is 5.73 Å². The van der Waals surface area contributed by atoms with Crippen molar-refractivity contribution in [1.29, 1.82) is 0 Å². The van der Waals surface area contributed by atoms with Crippen LogP contribution in [0.2, 0.25) is 0 Å². The maximum Gasteiger partial charge on any atom is 0.124 e. The molecule has 1 aromatic rings. The maximum atomic E-state index is 5.50. The van der Waals surface area contributed by atoms with Gasteiger partial charge < -0.3 is 15.2 Å². The van der Waals surface area contributed by atoms with Crippen LogP contribution in [0.4, 0.5) is 0 Å². The summed E-state index contributed by atoms with van der Waals surface area (Å²) in [5.74, 6) is 0.883. The second-order valence-electron chi connectivity index (χ2n) is 3.51. The molecule has 0 bridgehead atoms. The molecule has 0 amide bonds. The predicted molar refractivity (Wildman–Crippen MR) is 61.1 cm³/mol. The average molecular weight is 209 g/mol. The van der Waals surface area contributed by atoms with Crippen molar-refractivity contribution < 1.29 is 9.47 Å². The summed E-state index contributed by atoms with van der Waals surface area (Å²) >= 11 is 0. The molecule has 0 heterocycles. The van der Waals surface area contributed by atoms with Crippen LogP contribution in [-0.2, 0) is 11.3 Å². The number of nitrogens with two attached hydrogens (primary N) is 1. The van der Waals surface area contributed by atoms with Gasteiger partial charge in [0.15, 0.2) is 0 Å². The van der Waals surface area contributed by atoms with E-state index in [1.54, 1.807) is 7.11 Å². The molecule has 0 aliphatic carbocycles. The molecule has 84 valence electrons. The standard InChI is InChI=1S/C12H19NO2/c1-10-4-5-12(14-2)11(8-10)9-15-7-3-6-13/h4-5,8H,3,6-7,9,13H2,1-2H3. The van der Waals surface area contributed by atoms with Gasteiger partial charge in [0.2, 0.25) is 0 Å². The summed E-state index contributed by atoms with van der Waals surface area (Å²) in [7, 11) is 1.67. The highest BCUT2D eigenvalue weighted by molar-refractivity contribution is 5.36. The molecule has 3 nitrogen and oxygen atoms in total. The van der Waals surface area contributed by atoms with Crippen molar-refractivity contribution in [2.75, 3.05) is 20.3 Å². The largest absolute Gasteiger partial charge is 0.496 e. The summed E-state index contributed by atoms with van der Waals surface area (Å²) in [5, 5.41) is 0. The second-order valence-corrected chi connectivity index (χ2v) is 3.51. The van der Waals surface area contributed by atoms with Crippen LogP contribution >= 0.6 is 0 Å². The van der Waals surface area contributed by atoms with Gasteiger partial charge >= 0.3 is 0 Å². The molecular weight excluding hydrogens is 190 g/mol. The highest BCUT2D eigenvalue weighted by Crippen LogP contribution is 2.20. The van der Waals surface area contributed by atoms with E-state index in [1.165, 1.54) is 5.56 Å². The third-order valence-electron chi connectivity index (χ3n) is 2.19. The number of hydrogen-bond acceptors (Lipinski definition) is 3. The Balaban J connectivity index is 2.54. The van der Waals surface area contributed by atoms with E-state index in [0.717, 1.165) is 17.7 Å². The summed E-state index contributed by atoms with van der Waals surface area (Å²) in [4.78, 5) is 0. The minimum atomic E-state index is 0.588. The van der Waals surface area contributed by atoms with E-state index in [-0.39, 0.29) is 0 Å². The predicted octanol–water partition coefficient (Wildman–Crippen LogP) is 1.87. The number of ether oxygens (including phenoxy) is 2. The third-order valence-corrected chi connectivity index (χ3v) is 2.19. The number of methoxy groups -OCH3 is 1. The molecule has 0 saturated heterocycles. The van der Waals surface area contributed by atoms with Gasteiger partial charge in [-0.05, 0) is 26.0 Å². The molecule has 2 N–H and O–H groups in total. The van der Waals surface area contributed by atoms with Crippen molar-refractivity contribution >= 4 is 0 Å². The molecule has 0 aromatic heterocycles. The minimum Gasteiger partial charge on any atom is -0.496 e. The fourth-order valence-electron chi connectivity index (χ4n) is 1.39. The topological polar surface area (TPSA) is 44.5 Å². The number of aryl methyl sites for hydroxylation is 1. The van der Waals surface area contributed by atoms with Crippen LogP contribution in [0.5, 0.6) is 5.75 Å². The fourth-order valence-corrected chi connectivity index (χ4v) is 1.39. The lowest BCUT2D eigenvalue weighted by Crippen LogP contribution is -2.05. The Hall–Kier alpha value is -1.06. The van der Waals surface area contributed by atoms with E-state index in [4.69, 9.17) is 15.2 Å². The molecule has 15 heavy (non-hydrogen) atoms. The first-order valence-corrected chi connectivity index (χ1v) is 5.19. The summed E-state index contributed by atoms with van der Waals surface area (Å²) in [6, 6.07) is 6.08. The van der Waals surface area contributed by atoms with Gasteiger partial charge in [0.25, 0.3) is 0 Å². The Kier molecular flexibility index (Phi) is 5.15. The van der Waals surface area contributed by atoms with Gasteiger partial charge in [-0.3, -0.25) is 0 Å². The van der Waals surface area contributed by atoms with Crippen LogP contribution in [0.3, 0.4) is 0 Å². The zero-order valence-corrected chi connectivity index (χ0v) is 9.45. The molecular formula is C12H19NO2. The molecule has 0 fully saturated rings. The van der Waals surface area contributed by atoms with E-state index < -0.39 is 0 Å². The smallest absolute Gasteiger partial charge is 0.124 e. The van der Waals surface area contributed by atoms with Gasteiger partial charge in [0, 0.05) is 12.2 Å². The Morgan fingerprint density at radius 3 is 2.80 bits per heavy atom. The maximum absolute atomic E-state index is 5.50. The quantitative estimate of drug-likeness (QED) is 0.727. The number of rotatable bonds is 6. The lowest BCUT2D eigenvalue weighted by molar-refractivity contribution is 0.118. The van der Waals surface area contributed by atoms with E-state index in [2.05, 4.69) is 13.0 Å². The van der Waals surface area contributed by atoms with Crippen LogP contribution in [0, 0.1) is 6.92 Å². The molecule has 0 unspecified atom stereocenters. The van der Waals surface area contributed by atoms with Crippen LogP contribution < -0.4 is 10.5 Å². The van der Waals surface area contributed by atoms with E-state index in [9.17, 15) is 0 Å². The van der Waals surface area contributed by atoms with Crippen molar-refractivity contribution in [3.8, 4) is 5.75 Å². The monoisotopic (exact) mass is 209 g/mol. The van der Waals surface area contributed by atoms with E-state index in [1.807, 2.05) is 12.1 Å². The van der Waals surface area contributed by atoms with Crippen LogP contribution in [-0.4, -0.2) is 20.3 Å². The summed E-state index contributed by atoms with van der Waals surface area (Å²) in [6.45, 7) is 4.02. The summed E-state index contributed by atoms with van der Waals surface area (Å²) < 4.78 is 10.8.